The van der Waals surface area contributed by atoms with E-state index < -0.39 is 5.91 Å². The van der Waals surface area contributed by atoms with Crippen LogP contribution in [0.5, 0.6) is 0 Å². The van der Waals surface area contributed by atoms with Gasteiger partial charge in [0.2, 0.25) is 5.76 Å². The average Bonchev–Trinajstić information content (AvgIpc) is 3.29. The summed E-state index contributed by atoms with van der Waals surface area (Å²) in [7, 11) is 0. The number of hydrogen-bond donors (Lipinski definition) is 3. The lowest BCUT2D eigenvalue weighted by Crippen LogP contribution is -2.26. The molecule has 3 heterocycles. The van der Waals surface area contributed by atoms with Gasteiger partial charge in [-0.2, -0.15) is 0 Å². The first-order valence-electron chi connectivity index (χ1n) is 11.8. The average molecular weight is 549 g/mol. The van der Waals surface area contributed by atoms with Crippen molar-refractivity contribution in [1.29, 1.82) is 0 Å². The number of hydrogen-bond acceptors (Lipinski definition) is 7. The minimum atomic E-state index is -0.467. The first-order valence-corrected chi connectivity index (χ1v) is 13.4. The number of aromatic nitrogens is 1. The van der Waals surface area contributed by atoms with Crippen LogP contribution in [-0.2, 0) is 9.63 Å². The summed E-state index contributed by atoms with van der Waals surface area (Å²) in [5.74, 6) is 0.00551. The van der Waals surface area contributed by atoms with Crippen molar-refractivity contribution in [2.75, 3.05) is 6.26 Å². The van der Waals surface area contributed by atoms with Crippen LogP contribution in [0.3, 0.4) is 0 Å². The van der Waals surface area contributed by atoms with Crippen LogP contribution in [0.1, 0.15) is 29.7 Å². The first-order chi connectivity index (χ1) is 18.3. The van der Waals surface area contributed by atoms with Crippen molar-refractivity contribution >= 4 is 56.5 Å². The maximum Gasteiger partial charge on any atom is 0.301 e. The predicted octanol–water partition coefficient (Wildman–Crippen LogP) is 5.95. The zero-order chi connectivity index (χ0) is 27.0. The van der Waals surface area contributed by atoms with E-state index in [1.54, 1.807) is 19.3 Å². The highest BCUT2D eigenvalue weighted by Crippen LogP contribution is 2.32. The smallest absolute Gasteiger partial charge is 0.301 e. The van der Waals surface area contributed by atoms with Crippen molar-refractivity contribution in [2.24, 2.45) is 5.16 Å². The van der Waals surface area contributed by atoms with Gasteiger partial charge in [-0.1, -0.05) is 46.9 Å². The van der Waals surface area contributed by atoms with Gasteiger partial charge in [0.1, 0.15) is 11.3 Å². The molecule has 10 heteroatoms. The number of carbonyl (C=O) groups excluding carboxylic acids is 1. The van der Waals surface area contributed by atoms with E-state index in [1.807, 2.05) is 56.4 Å². The van der Waals surface area contributed by atoms with E-state index in [0.29, 0.717) is 28.0 Å². The molecule has 1 amide bonds. The highest BCUT2D eigenvalue weighted by atomic mass is 35.5. The molecule has 194 valence electrons. The molecule has 1 aliphatic rings. The summed E-state index contributed by atoms with van der Waals surface area (Å²) >= 11 is 7.15. The Bertz CT molecular complexity index is 1730. The molecule has 0 aliphatic carbocycles. The fourth-order valence-corrected chi connectivity index (χ4v) is 4.85. The van der Waals surface area contributed by atoms with Crippen LogP contribution in [-0.4, -0.2) is 22.3 Å². The van der Waals surface area contributed by atoms with Gasteiger partial charge in [-0.25, -0.2) is 0 Å². The highest BCUT2D eigenvalue weighted by Gasteiger charge is 2.23. The van der Waals surface area contributed by atoms with Gasteiger partial charge in [-0.05, 0) is 62.1 Å². The van der Waals surface area contributed by atoms with E-state index in [9.17, 15) is 9.59 Å². The third-order valence-corrected chi connectivity index (χ3v) is 6.89. The van der Waals surface area contributed by atoms with Gasteiger partial charge in [-0.3, -0.25) is 14.3 Å². The van der Waals surface area contributed by atoms with E-state index >= 15 is 0 Å². The van der Waals surface area contributed by atoms with Crippen molar-refractivity contribution < 1.29 is 14.0 Å². The number of benzene rings is 2. The van der Waals surface area contributed by atoms with Gasteiger partial charge in [0.15, 0.2) is 10.6 Å². The van der Waals surface area contributed by atoms with Crippen molar-refractivity contribution in [1.82, 2.24) is 15.0 Å². The Morgan fingerprint density at radius 3 is 2.76 bits per heavy atom. The zero-order valence-corrected chi connectivity index (χ0v) is 22.7. The monoisotopic (exact) mass is 548 g/mol. The van der Waals surface area contributed by atoms with Crippen LogP contribution in [0.25, 0.3) is 33.2 Å². The number of amides is 1. The second-order valence-electron chi connectivity index (χ2n) is 8.98. The Hall–Kier alpha value is -3.95. The predicted molar refractivity (Wildman–Crippen MR) is 153 cm³/mol. The van der Waals surface area contributed by atoms with Gasteiger partial charge >= 0.3 is 5.91 Å². The number of rotatable bonds is 6. The fourth-order valence-electron chi connectivity index (χ4n) is 4.48. The molecule has 2 aromatic heterocycles. The maximum absolute atomic E-state index is 13.5. The molecule has 38 heavy (non-hydrogen) atoms. The molecule has 1 aliphatic heterocycles. The number of H-pyrrole nitrogens is 1. The molecular formula is C28H25ClN4O4S. The highest BCUT2D eigenvalue weighted by molar-refractivity contribution is 7.97. The lowest BCUT2D eigenvalue weighted by molar-refractivity contribution is -0.119. The van der Waals surface area contributed by atoms with Gasteiger partial charge in [0.05, 0.1) is 17.1 Å². The Morgan fingerprint density at radius 1 is 1.16 bits per heavy atom. The Balaban J connectivity index is 1.63. The summed E-state index contributed by atoms with van der Waals surface area (Å²) in [6.45, 7) is 5.62. The summed E-state index contributed by atoms with van der Waals surface area (Å²) in [5, 5.41) is 8.72. The summed E-state index contributed by atoms with van der Waals surface area (Å²) in [4.78, 5) is 34.7. The van der Waals surface area contributed by atoms with Crippen LogP contribution in [0, 0.1) is 13.8 Å². The number of aromatic amines is 1. The van der Waals surface area contributed by atoms with Crippen LogP contribution < -0.4 is 15.5 Å². The van der Waals surface area contributed by atoms with Gasteiger partial charge < -0.3 is 19.6 Å². The molecule has 2 aromatic carbocycles. The van der Waals surface area contributed by atoms with Crippen LogP contribution in [0.2, 0.25) is 0 Å². The number of fused-ring (bicyclic) bond motifs is 2. The zero-order valence-electron chi connectivity index (χ0n) is 21.1. The lowest BCUT2D eigenvalue weighted by Gasteiger charge is -2.20. The Kier molecular flexibility index (Phi) is 7.05. The van der Waals surface area contributed by atoms with E-state index in [2.05, 4.69) is 20.2 Å². The largest absolute Gasteiger partial charge is 0.455 e. The van der Waals surface area contributed by atoms with Crippen LogP contribution in [0.4, 0.5) is 0 Å². The molecule has 0 saturated heterocycles. The minimum absolute atomic E-state index is 0.0349. The summed E-state index contributed by atoms with van der Waals surface area (Å²) in [5.41, 5.74) is 4.69. The van der Waals surface area contributed by atoms with E-state index in [0.717, 1.165) is 39.5 Å². The molecule has 0 saturated carbocycles. The number of nitrogens with zero attached hydrogens (tertiary/aromatic N) is 1. The third-order valence-electron chi connectivity index (χ3n) is 6.30. The standard InChI is InChI=1S/C28H25ClN4O4S/c1-14-11-19(16(3)31-21-7-8-23(29)32-37-27(21)28(35)33-38-4)26-20(12-14)24(34)15(2)25(36-26)18-6-5-17-9-10-30-22(17)13-18/h5-13,16,30-31H,1-4H3,(H,33,35). The van der Waals surface area contributed by atoms with Crippen LogP contribution >= 0.6 is 23.5 Å². The first kappa shape index (κ1) is 25.7. The number of halogens is 1. The number of oxime groups is 1. The number of carbonyl (C=O) groups is 1. The summed E-state index contributed by atoms with van der Waals surface area (Å²) in [6, 6.07) is 11.3. The molecule has 5 rings (SSSR count). The third kappa shape index (κ3) is 4.82. The Morgan fingerprint density at radius 2 is 1.97 bits per heavy atom. The lowest BCUT2D eigenvalue weighted by atomic mass is 9.98. The molecule has 4 aromatic rings. The topological polar surface area (TPSA) is 109 Å². The number of allylic oxidation sites excluding steroid dienone is 2. The van der Waals surface area contributed by atoms with E-state index in [1.165, 1.54) is 6.08 Å². The molecule has 0 radical (unpaired) electrons. The molecular weight excluding hydrogens is 524 g/mol. The van der Waals surface area contributed by atoms with Crippen molar-refractivity contribution in [3.8, 4) is 11.3 Å². The molecule has 0 bridgehead atoms. The summed E-state index contributed by atoms with van der Waals surface area (Å²) < 4.78 is 9.13. The SMILES string of the molecule is CSNC(=O)C1=C(NC(C)c2cc(C)cc3c(=O)c(C)c(-c4ccc5cc[nH]c5c4)oc23)C=CC(Cl)=NO1. The molecule has 0 spiro atoms. The molecule has 0 fully saturated rings. The van der Waals surface area contributed by atoms with Gasteiger partial charge in [-0.15, -0.1) is 0 Å². The maximum atomic E-state index is 13.5. The molecule has 1 unspecified atom stereocenters. The van der Waals surface area contributed by atoms with Gasteiger partial charge in [0, 0.05) is 34.7 Å². The normalized spacial score (nSPS) is 14.3. The molecule has 3 N–H and O–H groups in total. The van der Waals surface area contributed by atoms with E-state index in [4.69, 9.17) is 20.9 Å². The van der Waals surface area contributed by atoms with Crippen molar-refractivity contribution in [3.63, 3.8) is 0 Å². The van der Waals surface area contributed by atoms with Gasteiger partial charge in [0.25, 0.3) is 0 Å². The molecule has 8 nitrogen and oxygen atoms in total. The quantitative estimate of drug-likeness (QED) is 0.257. The number of nitrogens with one attached hydrogen (secondary N) is 3. The molecule has 1 atom stereocenters. The minimum Gasteiger partial charge on any atom is -0.455 e. The fraction of sp³-hybridized carbons (Fsp3) is 0.179. The number of aryl methyl sites for hydroxylation is 1. The Labute approximate surface area is 227 Å². The van der Waals surface area contributed by atoms with Crippen LogP contribution in [0.15, 0.2) is 80.6 Å². The van der Waals surface area contributed by atoms with Crippen molar-refractivity contribution in [3.05, 3.63) is 93.1 Å². The summed E-state index contributed by atoms with van der Waals surface area (Å²) in [6.07, 6.45) is 6.76. The second-order valence-corrected chi connectivity index (χ2v) is 9.98. The van der Waals surface area contributed by atoms with Crippen molar-refractivity contribution in [2.45, 2.75) is 26.8 Å². The van der Waals surface area contributed by atoms with E-state index in [-0.39, 0.29) is 22.4 Å². The second kappa shape index (κ2) is 10.4.